The zero-order valence-corrected chi connectivity index (χ0v) is 23.8. The molecule has 0 amide bonds. The summed E-state index contributed by atoms with van der Waals surface area (Å²) >= 11 is 6.24. The van der Waals surface area contributed by atoms with E-state index in [1.165, 1.54) is 17.2 Å². The maximum absolute atomic E-state index is 13.5. The first-order valence-electron chi connectivity index (χ1n) is 13.9. The number of nitrogens with zero attached hydrogens (tertiary/aromatic N) is 2. The Bertz CT molecular complexity index is 1190. The molecule has 0 bridgehead atoms. The molecule has 4 nitrogen and oxygen atoms in total. The fourth-order valence-electron chi connectivity index (χ4n) is 5.05. The number of alkyl halides is 3. The molecule has 0 saturated carbocycles. The minimum atomic E-state index is -4.49. The SMILES string of the molecule is C[C@H](CN(CCCOc1cccc(CCN2CCOCC2)c1)Cc1cccc(C(F)(F)F)c1Cl)c1ccccc1. The third-order valence-corrected chi connectivity index (χ3v) is 7.73. The highest BCUT2D eigenvalue weighted by atomic mass is 35.5. The van der Waals surface area contributed by atoms with Gasteiger partial charge in [0, 0.05) is 39.3 Å². The van der Waals surface area contributed by atoms with Crippen LogP contribution in [0.15, 0.2) is 72.8 Å². The summed E-state index contributed by atoms with van der Waals surface area (Å²) in [6.07, 6.45) is -2.80. The summed E-state index contributed by atoms with van der Waals surface area (Å²) in [7, 11) is 0. The van der Waals surface area contributed by atoms with E-state index >= 15 is 0 Å². The van der Waals surface area contributed by atoms with E-state index < -0.39 is 11.7 Å². The number of ether oxygens (including phenoxy) is 2. The molecule has 216 valence electrons. The van der Waals surface area contributed by atoms with Crippen LogP contribution in [0.5, 0.6) is 5.75 Å². The molecule has 0 spiro atoms. The Kier molecular flexibility index (Phi) is 11.3. The number of hydrogen-bond donors (Lipinski definition) is 0. The molecular formula is C32H38ClF3N2O2. The zero-order valence-electron chi connectivity index (χ0n) is 23.0. The van der Waals surface area contributed by atoms with E-state index in [-0.39, 0.29) is 10.9 Å². The number of benzene rings is 3. The van der Waals surface area contributed by atoms with E-state index in [4.69, 9.17) is 21.1 Å². The van der Waals surface area contributed by atoms with Gasteiger partial charge in [0.25, 0.3) is 0 Å². The lowest BCUT2D eigenvalue weighted by Crippen LogP contribution is -2.37. The standard InChI is InChI=1S/C32H38ClF3N2O2/c1-25(27-9-3-2-4-10-27)23-38(24-28-11-6-13-30(31(28)33)32(34,35)36)15-7-19-40-29-12-5-8-26(22-29)14-16-37-17-20-39-21-18-37/h2-6,8-13,22,25H,7,14-21,23-24H2,1H3/t25-/m1/s1. The van der Waals surface area contributed by atoms with Gasteiger partial charge in [0.2, 0.25) is 0 Å². The summed E-state index contributed by atoms with van der Waals surface area (Å²) in [6, 6.07) is 22.5. The maximum Gasteiger partial charge on any atom is 0.417 e. The molecule has 1 aliphatic heterocycles. The highest BCUT2D eigenvalue weighted by molar-refractivity contribution is 6.32. The molecule has 1 heterocycles. The molecule has 1 saturated heterocycles. The molecule has 40 heavy (non-hydrogen) atoms. The summed E-state index contributed by atoms with van der Waals surface area (Å²) in [4.78, 5) is 4.58. The van der Waals surface area contributed by atoms with Gasteiger partial charge in [0.15, 0.2) is 0 Å². The van der Waals surface area contributed by atoms with Crippen molar-refractivity contribution >= 4 is 11.6 Å². The van der Waals surface area contributed by atoms with Crippen LogP contribution in [0.1, 0.15) is 41.5 Å². The van der Waals surface area contributed by atoms with Crippen LogP contribution in [0.25, 0.3) is 0 Å². The van der Waals surface area contributed by atoms with Crippen molar-refractivity contribution in [2.45, 2.75) is 38.4 Å². The van der Waals surface area contributed by atoms with E-state index in [1.807, 2.05) is 30.3 Å². The van der Waals surface area contributed by atoms with Crippen molar-refractivity contribution in [3.63, 3.8) is 0 Å². The van der Waals surface area contributed by atoms with Gasteiger partial charge in [-0.25, -0.2) is 0 Å². The average molecular weight is 575 g/mol. The second-order valence-corrected chi connectivity index (χ2v) is 10.8. The summed E-state index contributed by atoms with van der Waals surface area (Å²) < 4.78 is 51.9. The molecule has 1 atom stereocenters. The Balaban J connectivity index is 1.35. The third kappa shape index (κ3) is 9.23. The Labute approximate surface area is 240 Å². The Morgan fingerprint density at radius 1 is 1.00 bits per heavy atom. The lowest BCUT2D eigenvalue weighted by molar-refractivity contribution is -0.137. The molecule has 1 aliphatic rings. The predicted molar refractivity (Wildman–Crippen MR) is 154 cm³/mol. The summed E-state index contributed by atoms with van der Waals surface area (Å²) in [5, 5.41) is -0.225. The van der Waals surface area contributed by atoms with Crippen molar-refractivity contribution in [2.75, 3.05) is 52.5 Å². The maximum atomic E-state index is 13.5. The largest absolute Gasteiger partial charge is 0.494 e. The van der Waals surface area contributed by atoms with Gasteiger partial charge in [-0.2, -0.15) is 13.2 Å². The molecule has 3 aromatic rings. The van der Waals surface area contributed by atoms with Crippen LogP contribution in [0.2, 0.25) is 5.02 Å². The molecule has 1 fully saturated rings. The highest BCUT2D eigenvalue weighted by Crippen LogP contribution is 2.36. The smallest absolute Gasteiger partial charge is 0.417 e. The van der Waals surface area contributed by atoms with E-state index in [1.54, 1.807) is 6.07 Å². The molecule has 0 unspecified atom stereocenters. The second-order valence-electron chi connectivity index (χ2n) is 10.4. The lowest BCUT2D eigenvalue weighted by Gasteiger charge is -2.27. The van der Waals surface area contributed by atoms with Gasteiger partial charge in [-0.3, -0.25) is 9.80 Å². The molecular weight excluding hydrogens is 537 g/mol. The number of rotatable bonds is 13. The van der Waals surface area contributed by atoms with E-state index in [0.29, 0.717) is 31.8 Å². The number of hydrogen-bond acceptors (Lipinski definition) is 4. The Morgan fingerprint density at radius 2 is 1.75 bits per heavy atom. The Morgan fingerprint density at radius 3 is 2.50 bits per heavy atom. The van der Waals surface area contributed by atoms with Crippen LogP contribution in [-0.2, 0) is 23.9 Å². The van der Waals surface area contributed by atoms with Crippen LogP contribution < -0.4 is 4.74 Å². The monoisotopic (exact) mass is 574 g/mol. The first kappa shape index (κ1) is 30.4. The molecule has 0 aliphatic carbocycles. The van der Waals surface area contributed by atoms with Gasteiger partial charge in [-0.15, -0.1) is 0 Å². The quantitative estimate of drug-likeness (QED) is 0.200. The first-order valence-corrected chi connectivity index (χ1v) is 14.3. The second kappa shape index (κ2) is 14.9. The van der Waals surface area contributed by atoms with Gasteiger partial charge < -0.3 is 9.47 Å². The van der Waals surface area contributed by atoms with Crippen LogP contribution in [0.3, 0.4) is 0 Å². The summed E-state index contributed by atoms with van der Waals surface area (Å²) in [5.74, 6) is 1.04. The predicted octanol–water partition coefficient (Wildman–Crippen LogP) is 7.31. The molecule has 8 heteroatoms. The van der Waals surface area contributed by atoms with E-state index in [0.717, 1.165) is 57.5 Å². The molecule has 0 N–H and O–H groups in total. The molecule has 3 aromatic carbocycles. The van der Waals surface area contributed by atoms with Crippen LogP contribution in [-0.4, -0.2) is 62.3 Å². The minimum absolute atomic E-state index is 0.204. The van der Waals surface area contributed by atoms with E-state index in [2.05, 4.69) is 41.0 Å². The van der Waals surface area contributed by atoms with Gasteiger partial charge >= 0.3 is 6.18 Å². The van der Waals surface area contributed by atoms with Crippen molar-refractivity contribution in [2.24, 2.45) is 0 Å². The molecule has 4 rings (SSSR count). The van der Waals surface area contributed by atoms with Crippen molar-refractivity contribution in [3.8, 4) is 5.75 Å². The summed E-state index contributed by atoms with van der Waals surface area (Å²) in [5.41, 5.74) is 2.11. The summed E-state index contributed by atoms with van der Waals surface area (Å²) in [6.45, 7) is 8.87. The van der Waals surface area contributed by atoms with Crippen molar-refractivity contribution in [1.82, 2.24) is 9.80 Å². The van der Waals surface area contributed by atoms with Gasteiger partial charge in [0.1, 0.15) is 5.75 Å². The Hall–Kier alpha value is -2.58. The van der Waals surface area contributed by atoms with Crippen LogP contribution in [0, 0.1) is 0 Å². The highest BCUT2D eigenvalue weighted by Gasteiger charge is 2.34. The topological polar surface area (TPSA) is 24.9 Å². The minimum Gasteiger partial charge on any atom is -0.494 e. The van der Waals surface area contributed by atoms with Gasteiger partial charge in [0.05, 0.1) is 30.4 Å². The van der Waals surface area contributed by atoms with Crippen molar-refractivity contribution in [3.05, 3.63) is 100 Å². The van der Waals surface area contributed by atoms with Gasteiger partial charge in [-0.1, -0.05) is 73.1 Å². The number of morpholine rings is 1. The van der Waals surface area contributed by atoms with Crippen LogP contribution >= 0.6 is 11.6 Å². The fraction of sp³-hybridized carbons (Fsp3) is 0.438. The zero-order chi connectivity index (χ0) is 28.4. The average Bonchev–Trinajstić information content (AvgIpc) is 2.96. The third-order valence-electron chi connectivity index (χ3n) is 7.28. The van der Waals surface area contributed by atoms with E-state index in [9.17, 15) is 13.2 Å². The number of halogens is 4. The van der Waals surface area contributed by atoms with Crippen LogP contribution in [0.4, 0.5) is 13.2 Å². The van der Waals surface area contributed by atoms with Crippen molar-refractivity contribution < 1.29 is 22.6 Å². The van der Waals surface area contributed by atoms with Gasteiger partial charge in [-0.05, 0) is 53.6 Å². The molecule has 0 aromatic heterocycles. The lowest BCUT2D eigenvalue weighted by atomic mass is 10.00. The normalized spacial score (nSPS) is 15.3. The van der Waals surface area contributed by atoms with Crippen molar-refractivity contribution in [1.29, 1.82) is 0 Å². The fourth-order valence-corrected chi connectivity index (χ4v) is 5.34. The molecule has 0 radical (unpaired) electrons. The first-order chi connectivity index (χ1) is 19.3.